The molecule has 1 aliphatic heterocycles. The van der Waals surface area contributed by atoms with Crippen molar-refractivity contribution in [1.29, 1.82) is 0 Å². The molecule has 1 fully saturated rings. The van der Waals surface area contributed by atoms with Gasteiger partial charge in [0, 0.05) is 15.8 Å². The van der Waals surface area contributed by atoms with Crippen molar-refractivity contribution in [2.45, 2.75) is 18.6 Å². The zero-order valence-corrected chi connectivity index (χ0v) is 11.2. The van der Waals surface area contributed by atoms with Crippen molar-refractivity contribution in [3.8, 4) is 0 Å². The highest BCUT2D eigenvalue weighted by atomic mass is 79.9. The number of nitrogens with one attached hydrogen (secondary N) is 1. The lowest BCUT2D eigenvalue weighted by Gasteiger charge is -2.09. The number of carbonyl (C=O) groups is 1. The summed E-state index contributed by atoms with van der Waals surface area (Å²) in [7, 11) is 0. The molecule has 1 aliphatic rings. The number of benzene rings is 1. The quantitative estimate of drug-likeness (QED) is 0.789. The molecule has 0 aromatic heterocycles. The first-order chi connectivity index (χ1) is 6.99. The molecule has 82 valence electrons. The summed E-state index contributed by atoms with van der Waals surface area (Å²) in [4.78, 5) is 10.5. The van der Waals surface area contributed by atoms with Gasteiger partial charge in [-0.25, -0.2) is 0 Å². The molecule has 1 aromatic carbocycles. The Morgan fingerprint density at radius 3 is 2.13 bits per heavy atom. The second kappa shape index (κ2) is 5.56. The molecule has 0 spiro atoms. The summed E-state index contributed by atoms with van der Waals surface area (Å²) in [5.74, 6) is 0. The average Bonchev–Trinajstić information content (AvgIpc) is 2.46. The van der Waals surface area contributed by atoms with Gasteiger partial charge in [0.2, 0.25) is 0 Å². The van der Waals surface area contributed by atoms with Crippen molar-refractivity contribution in [2.24, 2.45) is 0 Å². The first-order valence-corrected chi connectivity index (χ1v) is 6.28. The largest absolute Gasteiger partial charge is 0.346 e. The fraction of sp³-hybridized carbons (Fsp3) is 0.364. The molecule has 15 heavy (non-hydrogen) atoms. The third-order valence-corrected chi connectivity index (χ3v) is 3.32. The van der Waals surface area contributed by atoms with Crippen LogP contribution in [-0.4, -0.2) is 16.5 Å². The van der Waals surface area contributed by atoms with Crippen molar-refractivity contribution in [1.82, 2.24) is 5.32 Å². The summed E-state index contributed by atoms with van der Waals surface area (Å²) in [6.07, 6.45) is 0. The minimum atomic E-state index is 0.106. The van der Waals surface area contributed by atoms with Crippen molar-refractivity contribution in [3.63, 3.8) is 0 Å². The first-order valence-electron chi connectivity index (χ1n) is 4.67. The van der Waals surface area contributed by atoms with Gasteiger partial charge in [-0.15, -0.1) is 0 Å². The molecule has 1 saturated heterocycles. The highest BCUT2D eigenvalue weighted by Crippen LogP contribution is 2.28. The molecule has 4 heteroatoms. The SMILES string of the molecule is Brc1ccccc1.CC1(C)CNC(=O)S1. The van der Waals surface area contributed by atoms with E-state index >= 15 is 0 Å². The molecule has 0 unspecified atom stereocenters. The highest BCUT2D eigenvalue weighted by Gasteiger charge is 2.29. The molecule has 1 aromatic rings. The fourth-order valence-corrected chi connectivity index (χ4v) is 2.12. The minimum absolute atomic E-state index is 0.106. The Kier molecular flexibility index (Phi) is 4.67. The molecule has 2 nitrogen and oxygen atoms in total. The van der Waals surface area contributed by atoms with Crippen molar-refractivity contribution in [3.05, 3.63) is 34.8 Å². The maximum atomic E-state index is 10.5. The molecule has 0 atom stereocenters. The van der Waals surface area contributed by atoms with E-state index in [1.807, 2.05) is 30.3 Å². The van der Waals surface area contributed by atoms with Crippen molar-refractivity contribution < 1.29 is 4.79 Å². The van der Waals surface area contributed by atoms with Crippen molar-refractivity contribution >= 4 is 32.9 Å². The van der Waals surface area contributed by atoms with Crippen LogP contribution < -0.4 is 5.32 Å². The Balaban J connectivity index is 0.000000151. The van der Waals surface area contributed by atoms with Gasteiger partial charge in [0.25, 0.3) is 5.24 Å². The molecular weight excluding hydrogens is 274 g/mol. The van der Waals surface area contributed by atoms with E-state index < -0.39 is 0 Å². The molecule has 2 rings (SSSR count). The molecule has 0 radical (unpaired) electrons. The lowest BCUT2D eigenvalue weighted by atomic mass is 10.2. The summed E-state index contributed by atoms with van der Waals surface area (Å²) in [6.45, 7) is 4.90. The number of thioether (sulfide) groups is 1. The maximum absolute atomic E-state index is 10.5. The number of hydrogen-bond donors (Lipinski definition) is 1. The number of halogens is 1. The zero-order valence-electron chi connectivity index (χ0n) is 8.79. The van der Waals surface area contributed by atoms with E-state index in [2.05, 4.69) is 35.1 Å². The fourth-order valence-electron chi connectivity index (χ4n) is 1.02. The molecular formula is C11H14BrNOS. The second-order valence-electron chi connectivity index (χ2n) is 3.80. The van der Waals surface area contributed by atoms with E-state index in [0.717, 1.165) is 11.0 Å². The lowest BCUT2D eigenvalue weighted by molar-refractivity contribution is 0.262. The van der Waals surface area contributed by atoms with Crippen LogP contribution in [0.2, 0.25) is 0 Å². The number of rotatable bonds is 0. The number of hydrogen-bond acceptors (Lipinski definition) is 2. The summed E-state index contributed by atoms with van der Waals surface area (Å²) in [5, 5.41) is 2.84. The topological polar surface area (TPSA) is 29.1 Å². The van der Waals surface area contributed by atoms with Gasteiger partial charge in [-0.3, -0.25) is 4.79 Å². The van der Waals surface area contributed by atoms with Gasteiger partial charge >= 0.3 is 0 Å². The normalized spacial score (nSPS) is 17.7. The average molecular weight is 288 g/mol. The van der Waals surface area contributed by atoms with Gasteiger partial charge in [-0.1, -0.05) is 45.9 Å². The van der Waals surface area contributed by atoms with Crippen LogP contribution in [0.1, 0.15) is 13.8 Å². The van der Waals surface area contributed by atoms with Crippen LogP contribution in [0.3, 0.4) is 0 Å². The monoisotopic (exact) mass is 287 g/mol. The van der Waals surface area contributed by atoms with Crippen LogP contribution in [0, 0.1) is 0 Å². The van der Waals surface area contributed by atoms with E-state index in [4.69, 9.17) is 0 Å². The van der Waals surface area contributed by atoms with Gasteiger partial charge < -0.3 is 5.32 Å². The van der Waals surface area contributed by atoms with E-state index in [9.17, 15) is 4.79 Å². The van der Waals surface area contributed by atoms with Gasteiger partial charge in [-0.05, 0) is 26.0 Å². The zero-order chi connectivity index (χ0) is 11.3. The Labute approximate surface area is 103 Å². The van der Waals surface area contributed by atoms with Crippen LogP contribution >= 0.6 is 27.7 Å². The summed E-state index contributed by atoms with van der Waals surface area (Å²) in [6, 6.07) is 9.97. The smallest absolute Gasteiger partial charge is 0.279 e. The maximum Gasteiger partial charge on any atom is 0.279 e. The molecule has 1 heterocycles. The Morgan fingerprint density at radius 2 is 1.93 bits per heavy atom. The summed E-state index contributed by atoms with van der Waals surface area (Å²) in [5.41, 5.74) is 0. The molecule has 0 aliphatic carbocycles. The number of amides is 1. The van der Waals surface area contributed by atoms with Gasteiger partial charge in [0.1, 0.15) is 0 Å². The molecule has 1 N–H and O–H groups in total. The van der Waals surface area contributed by atoms with Crippen LogP contribution in [0.15, 0.2) is 34.8 Å². The minimum Gasteiger partial charge on any atom is -0.346 e. The van der Waals surface area contributed by atoms with E-state index in [0.29, 0.717) is 0 Å². The van der Waals surface area contributed by atoms with Crippen molar-refractivity contribution in [2.75, 3.05) is 6.54 Å². The summed E-state index contributed by atoms with van der Waals surface area (Å²) < 4.78 is 1.26. The van der Waals surface area contributed by atoms with Gasteiger partial charge in [0.15, 0.2) is 0 Å². The van der Waals surface area contributed by atoms with E-state index in [1.165, 1.54) is 11.8 Å². The van der Waals surface area contributed by atoms with Crippen LogP contribution in [0.25, 0.3) is 0 Å². The van der Waals surface area contributed by atoms with Gasteiger partial charge in [-0.2, -0.15) is 0 Å². The Morgan fingerprint density at radius 1 is 1.33 bits per heavy atom. The third-order valence-electron chi connectivity index (χ3n) is 1.76. The lowest BCUT2D eigenvalue weighted by Crippen LogP contribution is -2.21. The molecule has 0 bridgehead atoms. The Hall–Kier alpha value is -0.480. The van der Waals surface area contributed by atoms with Gasteiger partial charge in [0.05, 0.1) is 0 Å². The first kappa shape index (κ1) is 12.6. The van der Waals surface area contributed by atoms with Crippen LogP contribution in [0.4, 0.5) is 4.79 Å². The highest BCUT2D eigenvalue weighted by molar-refractivity contribution is 9.10. The van der Waals surface area contributed by atoms with E-state index in [-0.39, 0.29) is 9.99 Å². The van der Waals surface area contributed by atoms with E-state index in [1.54, 1.807) is 0 Å². The van der Waals surface area contributed by atoms with Crippen LogP contribution in [-0.2, 0) is 0 Å². The third kappa shape index (κ3) is 5.23. The predicted octanol–water partition coefficient (Wildman–Crippen LogP) is 3.67. The standard InChI is InChI=1S/C6H5Br.C5H9NOS/c7-6-4-2-1-3-5-6;1-5(2)3-6-4(7)8-5/h1-5H;3H2,1-2H3,(H,6,7). The van der Waals surface area contributed by atoms with Crippen LogP contribution in [0.5, 0.6) is 0 Å². The predicted molar refractivity (Wildman–Crippen MR) is 69.2 cm³/mol. The Bertz CT molecular complexity index is 327. The summed E-state index contributed by atoms with van der Waals surface area (Å²) >= 11 is 4.68. The molecule has 0 saturated carbocycles. The molecule has 1 amide bonds. The second-order valence-corrected chi connectivity index (χ2v) is 6.39. The number of carbonyl (C=O) groups excluding carboxylic acids is 1.